The van der Waals surface area contributed by atoms with Gasteiger partial charge in [0.05, 0.1) is 0 Å². The van der Waals surface area contributed by atoms with Crippen LogP contribution in [-0.4, -0.2) is 21.5 Å². The number of rotatable bonds is 8. The zero-order valence-electron chi connectivity index (χ0n) is 12.9. The molecule has 0 spiro atoms. The third-order valence-electron chi connectivity index (χ3n) is 3.38. The molecular weight excluding hydrogens is 252 g/mol. The Morgan fingerprint density at radius 1 is 0.947 bits per heavy atom. The van der Waals surface area contributed by atoms with Gasteiger partial charge in [-0.25, -0.2) is 0 Å². The van der Waals surface area contributed by atoms with Gasteiger partial charge in [0.2, 0.25) is 0 Å². The van der Waals surface area contributed by atoms with Crippen molar-refractivity contribution in [1.29, 1.82) is 0 Å². The largest absolute Gasteiger partial charge is 0.424 e. The summed E-state index contributed by atoms with van der Waals surface area (Å²) in [6.07, 6.45) is 3.57. The Hall–Kier alpha value is -0.643. The lowest BCUT2D eigenvalue weighted by molar-refractivity contribution is 0.119. The van der Waals surface area contributed by atoms with Gasteiger partial charge >= 0.3 is 9.28 Å². The molecule has 0 fully saturated rings. The second-order valence-electron chi connectivity index (χ2n) is 4.97. The summed E-state index contributed by atoms with van der Waals surface area (Å²) in [5, 5.41) is 1.27. The third-order valence-corrected chi connectivity index (χ3v) is 5.54. The predicted molar refractivity (Wildman–Crippen MR) is 82.9 cm³/mol. The molecule has 0 bridgehead atoms. The van der Waals surface area contributed by atoms with Crippen LogP contribution in [0.2, 0.25) is 0 Å². The second kappa shape index (κ2) is 8.51. The van der Waals surface area contributed by atoms with E-state index in [1.54, 1.807) is 0 Å². The summed E-state index contributed by atoms with van der Waals surface area (Å²) in [5.74, 6) is 0. The van der Waals surface area contributed by atoms with Gasteiger partial charge in [-0.15, -0.1) is 0 Å². The molecule has 2 nitrogen and oxygen atoms in total. The normalized spacial score (nSPS) is 14.6. The van der Waals surface area contributed by atoms with E-state index in [1.165, 1.54) is 10.8 Å². The maximum Gasteiger partial charge on any atom is 0.424 e. The summed E-state index contributed by atoms with van der Waals surface area (Å²) < 4.78 is 12.4. The molecule has 107 valence electrons. The summed E-state index contributed by atoms with van der Waals surface area (Å²) in [6.45, 7) is 10.7. The van der Waals surface area contributed by atoms with E-state index >= 15 is 0 Å². The van der Waals surface area contributed by atoms with Crippen LogP contribution in [0.1, 0.15) is 53.0 Å². The van der Waals surface area contributed by atoms with Gasteiger partial charge in [-0.1, -0.05) is 45.0 Å². The number of benzene rings is 1. The fourth-order valence-corrected chi connectivity index (χ4v) is 3.84. The van der Waals surface area contributed by atoms with E-state index in [4.69, 9.17) is 8.85 Å². The molecule has 0 aromatic heterocycles. The Kier molecular flexibility index (Phi) is 7.35. The van der Waals surface area contributed by atoms with Gasteiger partial charge < -0.3 is 8.85 Å². The molecule has 3 heteroatoms. The van der Waals surface area contributed by atoms with Crippen molar-refractivity contribution in [3.63, 3.8) is 0 Å². The first kappa shape index (κ1) is 16.4. The van der Waals surface area contributed by atoms with Crippen molar-refractivity contribution in [2.75, 3.05) is 0 Å². The van der Waals surface area contributed by atoms with E-state index in [1.807, 2.05) is 0 Å². The highest BCUT2D eigenvalue weighted by atomic mass is 28.3. The SMILES string of the molecule is CCc1ccccc1[Si](OC(C)CC)OC(C)CC. The van der Waals surface area contributed by atoms with E-state index in [-0.39, 0.29) is 12.2 Å². The molecule has 19 heavy (non-hydrogen) atoms. The molecule has 0 aliphatic rings. The average Bonchev–Trinajstić information content (AvgIpc) is 2.46. The Balaban J connectivity index is 2.93. The highest BCUT2D eigenvalue weighted by Gasteiger charge is 2.25. The van der Waals surface area contributed by atoms with Crippen LogP contribution < -0.4 is 5.19 Å². The molecule has 1 aromatic rings. The molecule has 0 saturated carbocycles. The molecule has 1 radical (unpaired) electrons. The first-order valence-electron chi connectivity index (χ1n) is 7.40. The van der Waals surface area contributed by atoms with Crippen molar-refractivity contribution in [2.45, 2.75) is 66.1 Å². The Morgan fingerprint density at radius 3 is 1.95 bits per heavy atom. The van der Waals surface area contributed by atoms with Crippen LogP contribution in [0.25, 0.3) is 0 Å². The lowest BCUT2D eigenvalue weighted by atomic mass is 10.2. The first-order chi connectivity index (χ1) is 9.12. The van der Waals surface area contributed by atoms with Gasteiger partial charge in [0.15, 0.2) is 0 Å². The van der Waals surface area contributed by atoms with E-state index in [2.05, 4.69) is 58.9 Å². The Bertz CT molecular complexity index is 356. The highest BCUT2D eigenvalue weighted by molar-refractivity contribution is 6.62. The monoisotopic (exact) mass is 279 g/mol. The molecule has 1 rings (SSSR count). The van der Waals surface area contributed by atoms with Crippen LogP contribution in [0.15, 0.2) is 24.3 Å². The van der Waals surface area contributed by atoms with E-state index in [0.717, 1.165) is 19.3 Å². The quantitative estimate of drug-likeness (QED) is 0.677. The maximum absolute atomic E-state index is 6.18. The van der Waals surface area contributed by atoms with Gasteiger partial charge in [0, 0.05) is 12.2 Å². The highest BCUT2D eigenvalue weighted by Crippen LogP contribution is 2.09. The molecule has 0 aliphatic carbocycles. The predicted octanol–water partition coefficient (Wildman–Crippen LogP) is 3.57. The van der Waals surface area contributed by atoms with Crippen LogP contribution in [0.3, 0.4) is 0 Å². The van der Waals surface area contributed by atoms with Crippen LogP contribution in [0.5, 0.6) is 0 Å². The number of hydrogen-bond donors (Lipinski definition) is 0. The molecule has 0 saturated heterocycles. The summed E-state index contributed by atoms with van der Waals surface area (Å²) in [7, 11) is -1.39. The summed E-state index contributed by atoms with van der Waals surface area (Å²) >= 11 is 0. The van der Waals surface area contributed by atoms with Crippen molar-refractivity contribution in [1.82, 2.24) is 0 Å². The van der Waals surface area contributed by atoms with Crippen LogP contribution in [0.4, 0.5) is 0 Å². The third kappa shape index (κ3) is 5.09. The smallest absolute Gasteiger partial charge is 0.387 e. The lowest BCUT2D eigenvalue weighted by Gasteiger charge is -2.24. The zero-order valence-corrected chi connectivity index (χ0v) is 13.9. The Morgan fingerprint density at radius 2 is 1.47 bits per heavy atom. The minimum Gasteiger partial charge on any atom is -0.387 e. The number of aryl methyl sites for hydroxylation is 1. The Labute approximate surface area is 120 Å². The fourth-order valence-electron chi connectivity index (χ4n) is 1.71. The molecular formula is C16H27O2Si. The molecule has 2 unspecified atom stereocenters. The van der Waals surface area contributed by atoms with E-state index in [0.29, 0.717) is 0 Å². The summed E-state index contributed by atoms with van der Waals surface area (Å²) in [4.78, 5) is 0. The van der Waals surface area contributed by atoms with Crippen molar-refractivity contribution in [2.24, 2.45) is 0 Å². The molecule has 0 heterocycles. The molecule has 0 aliphatic heterocycles. The van der Waals surface area contributed by atoms with Crippen LogP contribution in [0, 0.1) is 0 Å². The molecule has 2 atom stereocenters. The van der Waals surface area contributed by atoms with Gasteiger partial charge in [-0.3, -0.25) is 0 Å². The fraction of sp³-hybridized carbons (Fsp3) is 0.625. The lowest BCUT2D eigenvalue weighted by Crippen LogP contribution is -2.43. The molecule has 0 amide bonds. The minimum atomic E-state index is -1.39. The van der Waals surface area contributed by atoms with E-state index in [9.17, 15) is 0 Å². The van der Waals surface area contributed by atoms with Gasteiger partial charge in [0.1, 0.15) is 0 Å². The van der Waals surface area contributed by atoms with Crippen LogP contribution >= 0.6 is 0 Å². The standard InChI is InChI=1S/C16H27O2Si/c1-6-13(4)17-19(18-14(5)7-2)16-12-10-9-11-15(16)8-3/h9-14H,6-8H2,1-5H3. The summed E-state index contributed by atoms with van der Waals surface area (Å²) in [5.41, 5.74) is 1.35. The molecule has 1 aromatic carbocycles. The van der Waals surface area contributed by atoms with Crippen LogP contribution in [-0.2, 0) is 15.3 Å². The maximum atomic E-state index is 6.18. The van der Waals surface area contributed by atoms with Crippen molar-refractivity contribution < 1.29 is 8.85 Å². The minimum absolute atomic E-state index is 0.253. The molecule has 0 N–H and O–H groups in total. The average molecular weight is 279 g/mol. The topological polar surface area (TPSA) is 18.5 Å². The van der Waals surface area contributed by atoms with E-state index < -0.39 is 9.28 Å². The van der Waals surface area contributed by atoms with Crippen molar-refractivity contribution in [3.8, 4) is 0 Å². The summed E-state index contributed by atoms with van der Waals surface area (Å²) in [6, 6.07) is 8.52. The first-order valence-corrected chi connectivity index (χ1v) is 8.72. The number of hydrogen-bond acceptors (Lipinski definition) is 2. The zero-order chi connectivity index (χ0) is 14.3. The van der Waals surface area contributed by atoms with Gasteiger partial charge in [-0.05, 0) is 43.9 Å². The van der Waals surface area contributed by atoms with Gasteiger partial charge in [-0.2, -0.15) is 0 Å². The second-order valence-corrected chi connectivity index (χ2v) is 6.56. The van der Waals surface area contributed by atoms with Gasteiger partial charge in [0.25, 0.3) is 0 Å². The van der Waals surface area contributed by atoms with Crippen molar-refractivity contribution >= 4 is 14.5 Å². The van der Waals surface area contributed by atoms with Crippen molar-refractivity contribution in [3.05, 3.63) is 29.8 Å².